The molecular weight excluding hydrogens is 258 g/mol. The molecule has 0 radical (unpaired) electrons. The van der Waals surface area contributed by atoms with Gasteiger partial charge in [-0.3, -0.25) is 4.98 Å². The van der Waals surface area contributed by atoms with Gasteiger partial charge in [-0.05, 0) is 57.9 Å². The minimum absolute atomic E-state index is 0.932. The second-order valence-electron chi connectivity index (χ2n) is 5.31. The molecule has 0 fully saturated rings. The fourth-order valence-electron chi connectivity index (χ4n) is 3.01. The van der Waals surface area contributed by atoms with Crippen molar-refractivity contribution in [3.8, 4) is 0 Å². The van der Waals surface area contributed by atoms with E-state index in [1.807, 2.05) is 0 Å². The van der Waals surface area contributed by atoms with E-state index in [0.29, 0.717) is 0 Å². The summed E-state index contributed by atoms with van der Waals surface area (Å²) in [5.41, 5.74) is 6.09. The highest BCUT2D eigenvalue weighted by Crippen LogP contribution is 2.31. The summed E-state index contributed by atoms with van der Waals surface area (Å²) in [4.78, 5) is 7.16. The monoisotopic (exact) mass is 285 g/mol. The Labute approximate surface area is 128 Å². The second-order valence-corrected chi connectivity index (χ2v) is 5.31. The summed E-state index contributed by atoms with van der Waals surface area (Å²) >= 11 is 0. The van der Waals surface area contributed by atoms with E-state index in [0.717, 1.165) is 37.3 Å². The SMILES string of the molecule is CCNc1c(CC)c(C)nc2ccc(N(CC)CC)cc12. The topological polar surface area (TPSA) is 28.2 Å². The lowest BCUT2D eigenvalue weighted by atomic mass is 10.0. The molecule has 3 heteroatoms. The van der Waals surface area contributed by atoms with Gasteiger partial charge in [0.05, 0.1) is 5.52 Å². The van der Waals surface area contributed by atoms with Crippen LogP contribution in [0.1, 0.15) is 39.0 Å². The van der Waals surface area contributed by atoms with E-state index in [-0.39, 0.29) is 0 Å². The molecule has 0 aliphatic rings. The zero-order valence-corrected chi connectivity index (χ0v) is 14.0. The third-order valence-corrected chi connectivity index (χ3v) is 4.11. The molecule has 0 saturated carbocycles. The van der Waals surface area contributed by atoms with Crippen LogP contribution in [0, 0.1) is 6.92 Å². The van der Waals surface area contributed by atoms with Gasteiger partial charge in [0.15, 0.2) is 0 Å². The summed E-state index contributed by atoms with van der Waals surface area (Å²) in [7, 11) is 0. The summed E-state index contributed by atoms with van der Waals surface area (Å²) in [5, 5.41) is 4.79. The molecule has 0 saturated heterocycles. The van der Waals surface area contributed by atoms with Gasteiger partial charge < -0.3 is 10.2 Å². The third-order valence-electron chi connectivity index (χ3n) is 4.11. The second kappa shape index (κ2) is 6.79. The summed E-state index contributed by atoms with van der Waals surface area (Å²) in [6.45, 7) is 13.8. The van der Waals surface area contributed by atoms with E-state index in [4.69, 9.17) is 4.98 Å². The number of aryl methyl sites for hydroxylation is 1. The standard InChI is InChI=1S/C18H27N3/c1-6-15-13(5)20-17-11-10-14(21(8-3)9-4)12-16(17)18(15)19-7-2/h10-12H,6-9H2,1-5H3,(H,19,20). The number of hydrogen-bond acceptors (Lipinski definition) is 3. The third kappa shape index (κ3) is 2.97. The lowest BCUT2D eigenvalue weighted by Crippen LogP contribution is -2.21. The molecule has 2 rings (SSSR count). The molecular formula is C18H27N3. The van der Waals surface area contributed by atoms with E-state index >= 15 is 0 Å². The lowest BCUT2D eigenvalue weighted by molar-refractivity contribution is 0.867. The largest absolute Gasteiger partial charge is 0.384 e. The number of benzene rings is 1. The fourth-order valence-corrected chi connectivity index (χ4v) is 3.01. The van der Waals surface area contributed by atoms with E-state index in [2.05, 4.69) is 63.0 Å². The van der Waals surface area contributed by atoms with Gasteiger partial charge in [-0.15, -0.1) is 0 Å². The van der Waals surface area contributed by atoms with Gasteiger partial charge in [0.1, 0.15) is 0 Å². The minimum atomic E-state index is 0.932. The number of nitrogens with one attached hydrogen (secondary N) is 1. The van der Waals surface area contributed by atoms with Crippen molar-refractivity contribution in [2.75, 3.05) is 29.9 Å². The zero-order chi connectivity index (χ0) is 15.4. The average Bonchev–Trinajstić information content (AvgIpc) is 2.49. The van der Waals surface area contributed by atoms with Crippen molar-refractivity contribution in [3.05, 3.63) is 29.5 Å². The molecule has 0 aliphatic heterocycles. The number of hydrogen-bond donors (Lipinski definition) is 1. The number of pyridine rings is 1. The van der Waals surface area contributed by atoms with E-state index in [9.17, 15) is 0 Å². The van der Waals surface area contributed by atoms with Crippen LogP contribution < -0.4 is 10.2 Å². The molecule has 1 heterocycles. The number of nitrogens with zero attached hydrogens (tertiary/aromatic N) is 2. The first-order valence-corrected chi connectivity index (χ1v) is 8.08. The Morgan fingerprint density at radius 1 is 1.10 bits per heavy atom. The minimum Gasteiger partial charge on any atom is -0.384 e. The number of fused-ring (bicyclic) bond motifs is 1. The van der Waals surface area contributed by atoms with Crippen LogP contribution in [0.4, 0.5) is 11.4 Å². The van der Waals surface area contributed by atoms with Gasteiger partial charge >= 0.3 is 0 Å². The Hall–Kier alpha value is -1.77. The fraction of sp³-hybridized carbons (Fsp3) is 0.500. The molecule has 0 atom stereocenters. The van der Waals surface area contributed by atoms with Crippen LogP contribution in [0.5, 0.6) is 0 Å². The van der Waals surface area contributed by atoms with E-state index < -0.39 is 0 Å². The van der Waals surface area contributed by atoms with Crippen molar-refractivity contribution in [1.29, 1.82) is 0 Å². The summed E-state index contributed by atoms with van der Waals surface area (Å²) in [5.74, 6) is 0. The van der Waals surface area contributed by atoms with Gasteiger partial charge in [-0.1, -0.05) is 6.92 Å². The van der Waals surface area contributed by atoms with Crippen LogP contribution >= 0.6 is 0 Å². The van der Waals surface area contributed by atoms with Crippen molar-refractivity contribution >= 4 is 22.3 Å². The molecule has 1 aromatic carbocycles. The van der Waals surface area contributed by atoms with Gasteiger partial charge in [0.25, 0.3) is 0 Å². The highest BCUT2D eigenvalue weighted by Gasteiger charge is 2.12. The number of anilines is 2. The van der Waals surface area contributed by atoms with Gasteiger partial charge in [0, 0.05) is 42.1 Å². The molecule has 1 N–H and O–H groups in total. The molecule has 114 valence electrons. The van der Waals surface area contributed by atoms with Crippen LogP contribution in [0.15, 0.2) is 18.2 Å². The van der Waals surface area contributed by atoms with Crippen LogP contribution in [0.25, 0.3) is 10.9 Å². The summed E-state index contributed by atoms with van der Waals surface area (Å²) < 4.78 is 0. The Morgan fingerprint density at radius 2 is 1.81 bits per heavy atom. The lowest BCUT2D eigenvalue weighted by Gasteiger charge is -2.22. The first kappa shape index (κ1) is 15.6. The Morgan fingerprint density at radius 3 is 2.38 bits per heavy atom. The molecule has 0 aliphatic carbocycles. The Balaban J connectivity index is 2.68. The number of rotatable bonds is 6. The molecule has 1 aromatic heterocycles. The Bertz CT molecular complexity index is 615. The normalized spacial score (nSPS) is 10.9. The summed E-state index contributed by atoms with van der Waals surface area (Å²) in [6.07, 6.45) is 1.01. The smallest absolute Gasteiger partial charge is 0.0727 e. The van der Waals surface area contributed by atoms with Crippen molar-refractivity contribution in [2.24, 2.45) is 0 Å². The zero-order valence-electron chi connectivity index (χ0n) is 14.0. The van der Waals surface area contributed by atoms with Crippen molar-refractivity contribution in [3.63, 3.8) is 0 Å². The quantitative estimate of drug-likeness (QED) is 0.853. The molecule has 2 aromatic rings. The van der Waals surface area contributed by atoms with Crippen LogP contribution in [0.3, 0.4) is 0 Å². The van der Waals surface area contributed by atoms with Gasteiger partial charge in [0.2, 0.25) is 0 Å². The first-order chi connectivity index (χ1) is 10.2. The predicted octanol–water partition coefficient (Wildman–Crippen LogP) is 4.38. The maximum Gasteiger partial charge on any atom is 0.0727 e. The van der Waals surface area contributed by atoms with Crippen LogP contribution in [-0.2, 0) is 6.42 Å². The van der Waals surface area contributed by atoms with Crippen molar-refractivity contribution in [2.45, 2.75) is 41.0 Å². The molecule has 0 amide bonds. The predicted molar refractivity (Wildman–Crippen MR) is 93.6 cm³/mol. The average molecular weight is 285 g/mol. The van der Waals surface area contributed by atoms with Crippen LogP contribution in [0.2, 0.25) is 0 Å². The van der Waals surface area contributed by atoms with Crippen molar-refractivity contribution in [1.82, 2.24) is 4.98 Å². The van der Waals surface area contributed by atoms with Gasteiger partial charge in [-0.25, -0.2) is 0 Å². The molecule has 3 nitrogen and oxygen atoms in total. The van der Waals surface area contributed by atoms with Crippen molar-refractivity contribution < 1.29 is 0 Å². The molecule has 0 spiro atoms. The van der Waals surface area contributed by atoms with Gasteiger partial charge in [-0.2, -0.15) is 0 Å². The Kier molecular flexibility index (Phi) is 5.05. The first-order valence-electron chi connectivity index (χ1n) is 8.08. The number of aromatic nitrogens is 1. The molecule has 0 unspecified atom stereocenters. The van der Waals surface area contributed by atoms with E-state index in [1.54, 1.807) is 0 Å². The summed E-state index contributed by atoms with van der Waals surface area (Å²) in [6, 6.07) is 6.62. The highest BCUT2D eigenvalue weighted by atomic mass is 15.1. The highest BCUT2D eigenvalue weighted by molar-refractivity contribution is 5.95. The molecule has 21 heavy (non-hydrogen) atoms. The molecule has 0 bridgehead atoms. The van der Waals surface area contributed by atoms with E-state index in [1.165, 1.54) is 22.3 Å². The maximum absolute atomic E-state index is 4.78. The maximum atomic E-state index is 4.78. The van der Waals surface area contributed by atoms with Crippen LogP contribution in [-0.4, -0.2) is 24.6 Å².